The van der Waals surface area contributed by atoms with Gasteiger partial charge in [0.15, 0.2) is 0 Å². The van der Waals surface area contributed by atoms with Crippen LogP contribution in [0.3, 0.4) is 0 Å². The third-order valence-electron chi connectivity index (χ3n) is 3.03. The van der Waals surface area contributed by atoms with Crippen molar-refractivity contribution in [3.05, 3.63) is 23.4 Å². The number of rotatable bonds is 10. The van der Waals surface area contributed by atoms with E-state index in [1.807, 2.05) is 19.9 Å². The molecule has 0 fully saturated rings. The zero-order chi connectivity index (χ0) is 15.5. The minimum Gasteiger partial charge on any atom is -0.380 e. The SMILES string of the molecule is CCCCOCCNC(=O)c1cc(CC)nc(NCC)c1. The van der Waals surface area contributed by atoms with Crippen molar-refractivity contribution in [3.63, 3.8) is 0 Å². The third-order valence-corrected chi connectivity index (χ3v) is 3.03. The molecule has 1 aromatic heterocycles. The van der Waals surface area contributed by atoms with Gasteiger partial charge in [0.05, 0.1) is 6.61 Å². The fourth-order valence-electron chi connectivity index (χ4n) is 1.86. The molecule has 1 aromatic rings. The van der Waals surface area contributed by atoms with E-state index in [0.717, 1.165) is 43.9 Å². The smallest absolute Gasteiger partial charge is 0.251 e. The highest BCUT2D eigenvalue weighted by molar-refractivity contribution is 5.95. The fraction of sp³-hybridized carbons (Fsp3) is 0.625. The number of nitrogens with one attached hydrogen (secondary N) is 2. The Morgan fingerprint density at radius 2 is 2.05 bits per heavy atom. The van der Waals surface area contributed by atoms with E-state index >= 15 is 0 Å². The molecule has 0 saturated heterocycles. The lowest BCUT2D eigenvalue weighted by atomic mass is 10.2. The van der Waals surface area contributed by atoms with Gasteiger partial charge in [-0.05, 0) is 31.9 Å². The first-order valence-corrected chi connectivity index (χ1v) is 7.82. The third kappa shape index (κ3) is 6.58. The second-order valence-electron chi connectivity index (χ2n) is 4.84. The van der Waals surface area contributed by atoms with E-state index in [-0.39, 0.29) is 5.91 Å². The number of anilines is 1. The van der Waals surface area contributed by atoms with Crippen LogP contribution in [0.25, 0.3) is 0 Å². The number of aromatic nitrogens is 1. The van der Waals surface area contributed by atoms with Crippen molar-refractivity contribution in [1.82, 2.24) is 10.3 Å². The summed E-state index contributed by atoms with van der Waals surface area (Å²) in [5.41, 5.74) is 1.56. The first-order valence-electron chi connectivity index (χ1n) is 7.82. The number of amides is 1. The van der Waals surface area contributed by atoms with E-state index in [1.54, 1.807) is 6.07 Å². The summed E-state index contributed by atoms with van der Waals surface area (Å²) in [6.07, 6.45) is 2.99. The molecule has 0 bridgehead atoms. The zero-order valence-electron chi connectivity index (χ0n) is 13.4. The van der Waals surface area contributed by atoms with E-state index < -0.39 is 0 Å². The predicted molar refractivity (Wildman–Crippen MR) is 85.8 cm³/mol. The number of carbonyl (C=O) groups excluding carboxylic acids is 1. The predicted octanol–water partition coefficient (Wildman–Crippen LogP) is 2.62. The van der Waals surface area contributed by atoms with E-state index in [1.165, 1.54) is 0 Å². The number of nitrogens with zero attached hydrogens (tertiary/aromatic N) is 1. The molecular formula is C16H27N3O2. The molecule has 5 nitrogen and oxygen atoms in total. The van der Waals surface area contributed by atoms with Gasteiger partial charge in [-0.15, -0.1) is 0 Å². The van der Waals surface area contributed by atoms with E-state index in [4.69, 9.17) is 4.74 Å². The summed E-state index contributed by atoms with van der Waals surface area (Å²) in [6, 6.07) is 3.63. The molecule has 0 aromatic carbocycles. The van der Waals surface area contributed by atoms with Crippen LogP contribution in [0.2, 0.25) is 0 Å². The summed E-state index contributed by atoms with van der Waals surface area (Å²) in [6.45, 7) is 8.79. The maximum absolute atomic E-state index is 12.1. The first kappa shape index (κ1) is 17.4. The molecule has 1 rings (SSSR count). The monoisotopic (exact) mass is 293 g/mol. The molecule has 0 unspecified atom stereocenters. The van der Waals surface area contributed by atoms with Crippen molar-refractivity contribution in [2.45, 2.75) is 40.0 Å². The lowest BCUT2D eigenvalue weighted by Crippen LogP contribution is -2.27. The molecule has 21 heavy (non-hydrogen) atoms. The van der Waals surface area contributed by atoms with Gasteiger partial charge in [-0.2, -0.15) is 0 Å². The number of carbonyl (C=O) groups is 1. The van der Waals surface area contributed by atoms with Gasteiger partial charge in [0.1, 0.15) is 5.82 Å². The van der Waals surface area contributed by atoms with Crippen LogP contribution in [-0.2, 0) is 11.2 Å². The summed E-state index contributed by atoms with van der Waals surface area (Å²) in [5, 5.41) is 6.03. The van der Waals surface area contributed by atoms with Gasteiger partial charge in [-0.3, -0.25) is 4.79 Å². The van der Waals surface area contributed by atoms with Crippen LogP contribution < -0.4 is 10.6 Å². The van der Waals surface area contributed by atoms with Gasteiger partial charge in [-0.1, -0.05) is 20.3 Å². The Balaban J connectivity index is 2.50. The lowest BCUT2D eigenvalue weighted by Gasteiger charge is -2.10. The average molecular weight is 293 g/mol. The van der Waals surface area contributed by atoms with Crippen LogP contribution in [0.5, 0.6) is 0 Å². The van der Waals surface area contributed by atoms with Crippen molar-refractivity contribution in [1.29, 1.82) is 0 Å². The Morgan fingerprint density at radius 3 is 2.71 bits per heavy atom. The van der Waals surface area contributed by atoms with Gasteiger partial charge in [0.25, 0.3) is 5.91 Å². The van der Waals surface area contributed by atoms with Crippen LogP contribution >= 0.6 is 0 Å². The van der Waals surface area contributed by atoms with Gasteiger partial charge in [0.2, 0.25) is 0 Å². The second kappa shape index (κ2) is 10.2. The van der Waals surface area contributed by atoms with E-state index in [9.17, 15) is 4.79 Å². The maximum atomic E-state index is 12.1. The molecule has 0 saturated carbocycles. The van der Waals surface area contributed by atoms with Crippen molar-refractivity contribution < 1.29 is 9.53 Å². The van der Waals surface area contributed by atoms with Crippen molar-refractivity contribution in [3.8, 4) is 0 Å². The standard InChI is InChI=1S/C16H27N3O2/c1-4-7-9-21-10-8-18-16(20)13-11-14(5-2)19-15(12-13)17-6-3/h11-12H,4-10H2,1-3H3,(H,17,19)(H,18,20). The Kier molecular flexibility index (Phi) is 8.43. The van der Waals surface area contributed by atoms with E-state index in [0.29, 0.717) is 18.7 Å². The van der Waals surface area contributed by atoms with Crippen molar-refractivity contribution in [2.24, 2.45) is 0 Å². The molecule has 118 valence electrons. The first-order chi connectivity index (χ1) is 10.2. The van der Waals surface area contributed by atoms with Gasteiger partial charge in [-0.25, -0.2) is 4.98 Å². The highest BCUT2D eigenvalue weighted by Gasteiger charge is 2.08. The Bertz CT molecular complexity index is 436. The summed E-state index contributed by atoms with van der Waals surface area (Å²) in [5.74, 6) is 0.673. The molecular weight excluding hydrogens is 266 g/mol. The van der Waals surface area contributed by atoms with Crippen molar-refractivity contribution >= 4 is 11.7 Å². The molecule has 0 aliphatic heterocycles. The fourth-order valence-corrected chi connectivity index (χ4v) is 1.86. The minimum atomic E-state index is -0.0784. The number of aryl methyl sites for hydroxylation is 1. The molecule has 0 aliphatic rings. The molecule has 1 amide bonds. The van der Waals surface area contributed by atoms with Crippen LogP contribution in [0.1, 0.15) is 49.7 Å². The Labute approximate surface area is 127 Å². The lowest BCUT2D eigenvalue weighted by molar-refractivity contribution is 0.0912. The van der Waals surface area contributed by atoms with Crippen molar-refractivity contribution in [2.75, 3.05) is 31.6 Å². The molecule has 0 atom stereocenters. The minimum absolute atomic E-state index is 0.0784. The quantitative estimate of drug-likeness (QED) is 0.651. The molecule has 0 aliphatic carbocycles. The summed E-state index contributed by atoms with van der Waals surface area (Å²) in [7, 11) is 0. The molecule has 1 heterocycles. The van der Waals surface area contributed by atoms with E-state index in [2.05, 4.69) is 22.5 Å². The second-order valence-corrected chi connectivity index (χ2v) is 4.84. The number of ether oxygens (including phenoxy) is 1. The van der Waals surface area contributed by atoms with Gasteiger partial charge < -0.3 is 15.4 Å². The molecule has 5 heteroatoms. The topological polar surface area (TPSA) is 63.2 Å². The van der Waals surface area contributed by atoms with Gasteiger partial charge in [0, 0.05) is 31.0 Å². The maximum Gasteiger partial charge on any atom is 0.251 e. The van der Waals surface area contributed by atoms with Gasteiger partial charge >= 0.3 is 0 Å². The summed E-state index contributed by atoms with van der Waals surface area (Å²) >= 11 is 0. The number of hydrogen-bond donors (Lipinski definition) is 2. The largest absolute Gasteiger partial charge is 0.380 e. The average Bonchev–Trinajstić information content (AvgIpc) is 2.50. The van der Waals surface area contributed by atoms with Crippen LogP contribution in [0, 0.1) is 0 Å². The Morgan fingerprint density at radius 1 is 1.24 bits per heavy atom. The Hall–Kier alpha value is -1.62. The molecule has 2 N–H and O–H groups in total. The van der Waals surface area contributed by atoms with Crippen LogP contribution in [0.15, 0.2) is 12.1 Å². The summed E-state index contributed by atoms with van der Waals surface area (Å²) < 4.78 is 5.43. The number of pyridine rings is 1. The molecule has 0 radical (unpaired) electrons. The zero-order valence-corrected chi connectivity index (χ0v) is 13.4. The number of unbranched alkanes of at least 4 members (excludes halogenated alkanes) is 1. The van der Waals surface area contributed by atoms with Crippen LogP contribution in [0.4, 0.5) is 5.82 Å². The van der Waals surface area contributed by atoms with Crippen LogP contribution in [-0.4, -0.2) is 37.2 Å². The highest BCUT2D eigenvalue weighted by Crippen LogP contribution is 2.11. The summed E-state index contributed by atoms with van der Waals surface area (Å²) in [4.78, 5) is 16.6. The number of hydrogen-bond acceptors (Lipinski definition) is 4. The normalized spacial score (nSPS) is 10.4. The molecule has 0 spiro atoms. The highest BCUT2D eigenvalue weighted by atomic mass is 16.5.